The van der Waals surface area contributed by atoms with E-state index < -0.39 is 11.6 Å². The van der Waals surface area contributed by atoms with E-state index in [0.29, 0.717) is 16.8 Å². The molecule has 0 aliphatic rings. The minimum absolute atomic E-state index is 0.396. The molecular weight excluding hydrogens is 330 g/mol. The van der Waals surface area contributed by atoms with E-state index in [9.17, 15) is 9.59 Å². The van der Waals surface area contributed by atoms with Crippen molar-refractivity contribution >= 4 is 38.4 Å². The summed E-state index contributed by atoms with van der Waals surface area (Å²) in [5.41, 5.74) is 2.43. The molecule has 2 aromatic carbocycles. The van der Waals surface area contributed by atoms with Crippen LogP contribution in [-0.2, 0) is 0 Å². The van der Waals surface area contributed by atoms with E-state index in [-0.39, 0.29) is 0 Å². The summed E-state index contributed by atoms with van der Waals surface area (Å²) in [5.74, 6) is -0.970. The maximum absolute atomic E-state index is 12.5. The summed E-state index contributed by atoms with van der Waals surface area (Å²) in [6, 6.07) is 14.3. The van der Waals surface area contributed by atoms with Gasteiger partial charge in [-0.25, -0.2) is 0 Å². The molecule has 1 aromatic heterocycles. The van der Waals surface area contributed by atoms with Gasteiger partial charge in [0.2, 0.25) is 11.6 Å². The third-order valence-corrected chi connectivity index (χ3v) is 3.96. The molecule has 0 saturated carbocycles. The number of rotatable bonds is 3. The molecule has 0 amide bonds. The highest BCUT2D eigenvalue weighted by Gasteiger charge is 2.23. The summed E-state index contributed by atoms with van der Waals surface area (Å²) in [6.07, 6.45) is 0. The van der Waals surface area contributed by atoms with Crippen molar-refractivity contribution in [1.29, 1.82) is 0 Å². The summed E-state index contributed by atoms with van der Waals surface area (Å²) < 4.78 is 0.870. The lowest BCUT2D eigenvalue weighted by atomic mass is 9.99. The number of benzene rings is 2. The molecule has 3 aromatic rings. The van der Waals surface area contributed by atoms with E-state index >= 15 is 0 Å². The van der Waals surface area contributed by atoms with Gasteiger partial charge in [-0.15, -0.1) is 0 Å². The van der Waals surface area contributed by atoms with Crippen LogP contribution in [0.25, 0.3) is 10.9 Å². The molecule has 1 N–H and O–H groups in total. The minimum atomic E-state index is -0.490. The van der Waals surface area contributed by atoms with Gasteiger partial charge in [0.15, 0.2) is 0 Å². The van der Waals surface area contributed by atoms with Gasteiger partial charge in [0, 0.05) is 26.6 Å². The lowest BCUT2D eigenvalue weighted by Crippen LogP contribution is -2.15. The monoisotopic (exact) mass is 341 g/mol. The Hall–Kier alpha value is -2.20. The van der Waals surface area contributed by atoms with Crippen LogP contribution in [0, 0.1) is 6.92 Å². The number of H-pyrrole nitrogens is 1. The molecule has 21 heavy (non-hydrogen) atoms. The zero-order chi connectivity index (χ0) is 15.0. The average molecular weight is 342 g/mol. The van der Waals surface area contributed by atoms with E-state index in [1.54, 1.807) is 24.3 Å². The largest absolute Gasteiger partial charge is 0.358 e. The van der Waals surface area contributed by atoms with Gasteiger partial charge in [0.1, 0.15) is 0 Å². The smallest absolute Gasteiger partial charge is 0.235 e. The molecule has 0 unspecified atom stereocenters. The molecule has 0 aliphatic heterocycles. The average Bonchev–Trinajstić information content (AvgIpc) is 2.82. The number of fused-ring (bicyclic) bond motifs is 1. The Morgan fingerprint density at radius 3 is 2.33 bits per heavy atom. The Balaban J connectivity index is 2.06. The molecule has 3 rings (SSSR count). The zero-order valence-corrected chi connectivity index (χ0v) is 12.9. The third-order valence-electron chi connectivity index (χ3n) is 3.43. The Kier molecular flexibility index (Phi) is 3.47. The second-order valence-corrected chi connectivity index (χ2v) is 5.75. The van der Waals surface area contributed by atoms with E-state index in [4.69, 9.17) is 0 Å². The van der Waals surface area contributed by atoms with Crippen LogP contribution < -0.4 is 0 Å². The SMILES string of the molecule is Cc1[nH]c2ccccc2c1C(=O)C(=O)c1ccc(Br)cc1. The highest BCUT2D eigenvalue weighted by molar-refractivity contribution is 9.10. The van der Waals surface area contributed by atoms with Gasteiger partial charge in [-0.1, -0.05) is 34.1 Å². The summed E-state index contributed by atoms with van der Waals surface area (Å²) >= 11 is 3.31. The quantitative estimate of drug-likeness (QED) is 0.570. The van der Waals surface area contributed by atoms with Crippen molar-refractivity contribution in [2.24, 2.45) is 0 Å². The molecule has 0 aliphatic carbocycles. The van der Waals surface area contributed by atoms with Crippen molar-refractivity contribution < 1.29 is 9.59 Å². The summed E-state index contributed by atoms with van der Waals surface area (Å²) in [7, 11) is 0. The van der Waals surface area contributed by atoms with E-state index in [2.05, 4.69) is 20.9 Å². The van der Waals surface area contributed by atoms with Crippen molar-refractivity contribution in [3.8, 4) is 0 Å². The predicted molar refractivity (Wildman–Crippen MR) is 85.8 cm³/mol. The number of para-hydroxylation sites is 1. The zero-order valence-electron chi connectivity index (χ0n) is 11.3. The van der Waals surface area contributed by atoms with Crippen LogP contribution in [0.2, 0.25) is 0 Å². The molecule has 0 bridgehead atoms. The van der Waals surface area contributed by atoms with Gasteiger partial charge in [-0.3, -0.25) is 9.59 Å². The standard InChI is InChI=1S/C17H12BrNO2/c1-10-15(13-4-2-3-5-14(13)19-10)17(21)16(20)11-6-8-12(18)9-7-11/h2-9,19H,1H3. The maximum atomic E-state index is 12.5. The third kappa shape index (κ3) is 2.43. The second-order valence-electron chi connectivity index (χ2n) is 4.84. The molecule has 0 radical (unpaired) electrons. The number of aryl methyl sites for hydroxylation is 1. The van der Waals surface area contributed by atoms with Crippen molar-refractivity contribution in [3.63, 3.8) is 0 Å². The van der Waals surface area contributed by atoms with E-state index in [1.165, 1.54) is 0 Å². The highest BCUT2D eigenvalue weighted by atomic mass is 79.9. The number of Topliss-reactive ketones (excluding diaryl/α,β-unsaturated/α-hetero) is 2. The molecular formula is C17H12BrNO2. The van der Waals surface area contributed by atoms with Gasteiger partial charge >= 0.3 is 0 Å². The molecule has 1 heterocycles. The molecule has 3 nitrogen and oxygen atoms in total. The summed E-state index contributed by atoms with van der Waals surface area (Å²) in [4.78, 5) is 28.1. The first-order valence-corrected chi connectivity index (χ1v) is 7.29. The van der Waals surface area contributed by atoms with Crippen LogP contribution in [0.1, 0.15) is 26.4 Å². The van der Waals surface area contributed by atoms with Crippen LogP contribution in [0.3, 0.4) is 0 Å². The first kappa shape index (κ1) is 13.8. The minimum Gasteiger partial charge on any atom is -0.358 e. The Morgan fingerprint density at radius 2 is 1.62 bits per heavy atom. The lowest BCUT2D eigenvalue weighted by Gasteiger charge is -2.01. The Labute approximate surface area is 130 Å². The Morgan fingerprint density at radius 1 is 0.952 bits per heavy atom. The van der Waals surface area contributed by atoms with Crippen LogP contribution in [0.4, 0.5) is 0 Å². The second kappa shape index (κ2) is 5.30. The van der Waals surface area contributed by atoms with Crippen molar-refractivity contribution in [3.05, 3.63) is 69.8 Å². The summed E-state index contributed by atoms with van der Waals surface area (Å²) in [5, 5.41) is 0.783. The molecule has 4 heteroatoms. The molecule has 0 saturated heterocycles. The van der Waals surface area contributed by atoms with Gasteiger partial charge in [0.25, 0.3) is 0 Å². The fourth-order valence-corrected chi connectivity index (χ4v) is 2.68. The van der Waals surface area contributed by atoms with Crippen molar-refractivity contribution in [1.82, 2.24) is 4.98 Å². The Bertz CT molecular complexity index is 847. The number of hydrogen-bond acceptors (Lipinski definition) is 2. The molecule has 0 fully saturated rings. The fourth-order valence-electron chi connectivity index (χ4n) is 2.42. The number of carbonyl (C=O) groups excluding carboxylic acids is 2. The van der Waals surface area contributed by atoms with Crippen molar-refractivity contribution in [2.45, 2.75) is 6.92 Å². The first-order chi connectivity index (χ1) is 10.1. The molecule has 0 spiro atoms. The fraction of sp³-hybridized carbons (Fsp3) is 0.0588. The van der Waals surface area contributed by atoms with Crippen LogP contribution in [0.5, 0.6) is 0 Å². The van der Waals surface area contributed by atoms with Gasteiger partial charge in [-0.2, -0.15) is 0 Å². The number of halogens is 1. The normalized spacial score (nSPS) is 10.8. The van der Waals surface area contributed by atoms with Gasteiger partial charge in [0.05, 0.1) is 5.56 Å². The lowest BCUT2D eigenvalue weighted by molar-refractivity contribution is 0.0817. The number of aromatic amines is 1. The summed E-state index contributed by atoms with van der Waals surface area (Å²) in [6.45, 7) is 1.81. The predicted octanol–water partition coefficient (Wildman–Crippen LogP) is 4.30. The van der Waals surface area contributed by atoms with Gasteiger partial charge < -0.3 is 4.98 Å². The number of carbonyl (C=O) groups is 2. The van der Waals surface area contributed by atoms with E-state index in [1.807, 2.05) is 31.2 Å². The van der Waals surface area contributed by atoms with Gasteiger partial charge in [-0.05, 0) is 37.3 Å². The number of aromatic nitrogens is 1. The highest BCUT2D eigenvalue weighted by Crippen LogP contribution is 2.23. The first-order valence-electron chi connectivity index (χ1n) is 6.50. The number of nitrogens with one attached hydrogen (secondary N) is 1. The van der Waals surface area contributed by atoms with E-state index in [0.717, 1.165) is 15.4 Å². The van der Waals surface area contributed by atoms with Crippen LogP contribution >= 0.6 is 15.9 Å². The van der Waals surface area contributed by atoms with Crippen LogP contribution in [0.15, 0.2) is 53.0 Å². The molecule has 104 valence electrons. The maximum Gasteiger partial charge on any atom is 0.235 e. The number of hydrogen-bond donors (Lipinski definition) is 1. The van der Waals surface area contributed by atoms with Crippen molar-refractivity contribution in [2.75, 3.05) is 0 Å². The number of ketones is 2. The topological polar surface area (TPSA) is 49.9 Å². The molecule has 0 atom stereocenters. The van der Waals surface area contributed by atoms with Crippen LogP contribution in [-0.4, -0.2) is 16.6 Å².